The van der Waals surface area contributed by atoms with Gasteiger partial charge in [0.25, 0.3) is 0 Å². The van der Waals surface area contributed by atoms with Gasteiger partial charge in [-0.15, -0.1) is 0 Å². The molecular formula is C14H24N2O3S. The van der Waals surface area contributed by atoms with Crippen molar-refractivity contribution < 1.29 is 13.5 Å². The number of hydrogen-bond donors (Lipinski definition) is 2. The summed E-state index contributed by atoms with van der Waals surface area (Å²) < 4.78 is 27.3. The van der Waals surface area contributed by atoms with E-state index in [1.165, 1.54) is 12.3 Å². The van der Waals surface area contributed by atoms with E-state index < -0.39 is 10.0 Å². The van der Waals surface area contributed by atoms with Crippen LogP contribution in [-0.4, -0.2) is 35.4 Å². The summed E-state index contributed by atoms with van der Waals surface area (Å²) in [6.45, 7) is 4.44. The number of nitrogens with one attached hydrogen (secondary N) is 1. The van der Waals surface area contributed by atoms with Gasteiger partial charge < -0.3 is 10.1 Å². The third-order valence-corrected chi connectivity index (χ3v) is 5.67. The fourth-order valence-electron chi connectivity index (χ4n) is 2.79. The SMILES string of the molecule is CC(C)CN(C1CCCC1)S(=O)(=O)c1c[nH]c(CO)c1. The highest BCUT2D eigenvalue weighted by Crippen LogP contribution is 2.29. The molecule has 2 N–H and O–H groups in total. The smallest absolute Gasteiger partial charge is 0.244 e. The fraction of sp³-hybridized carbons (Fsp3) is 0.714. The van der Waals surface area contributed by atoms with E-state index in [9.17, 15) is 8.42 Å². The minimum atomic E-state index is -3.48. The molecule has 0 bridgehead atoms. The highest BCUT2D eigenvalue weighted by molar-refractivity contribution is 7.89. The molecule has 0 saturated heterocycles. The summed E-state index contributed by atoms with van der Waals surface area (Å²) in [5.41, 5.74) is 0.527. The van der Waals surface area contributed by atoms with Gasteiger partial charge in [-0.05, 0) is 24.8 Å². The first kappa shape index (κ1) is 15.5. The van der Waals surface area contributed by atoms with Gasteiger partial charge in [0.2, 0.25) is 10.0 Å². The maximum atomic E-state index is 12.8. The van der Waals surface area contributed by atoms with Crippen LogP contribution in [-0.2, 0) is 16.6 Å². The molecule has 1 saturated carbocycles. The van der Waals surface area contributed by atoms with Gasteiger partial charge in [-0.2, -0.15) is 4.31 Å². The lowest BCUT2D eigenvalue weighted by atomic mass is 10.2. The van der Waals surface area contributed by atoms with Crippen LogP contribution in [0.3, 0.4) is 0 Å². The van der Waals surface area contributed by atoms with Crippen molar-refractivity contribution >= 4 is 10.0 Å². The molecule has 0 aliphatic heterocycles. The van der Waals surface area contributed by atoms with Crippen molar-refractivity contribution in [3.8, 4) is 0 Å². The van der Waals surface area contributed by atoms with Crippen molar-refractivity contribution in [2.75, 3.05) is 6.54 Å². The standard InChI is InChI=1S/C14H24N2O3S/c1-11(2)9-16(13-5-3-4-6-13)20(18,19)14-7-12(10-17)15-8-14/h7-8,11,13,15,17H,3-6,9-10H2,1-2H3. The van der Waals surface area contributed by atoms with E-state index in [2.05, 4.69) is 4.98 Å². The number of nitrogens with zero attached hydrogens (tertiary/aromatic N) is 1. The van der Waals surface area contributed by atoms with Crippen LogP contribution < -0.4 is 0 Å². The van der Waals surface area contributed by atoms with E-state index in [4.69, 9.17) is 5.11 Å². The molecule has 0 radical (unpaired) electrons. The number of hydrogen-bond acceptors (Lipinski definition) is 3. The highest BCUT2D eigenvalue weighted by atomic mass is 32.2. The van der Waals surface area contributed by atoms with Gasteiger partial charge in [-0.3, -0.25) is 0 Å². The Morgan fingerprint density at radius 1 is 1.40 bits per heavy atom. The van der Waals surface area contributed by atoms with Crippen LogP contribution in [0.2, 0.25) is 0 Å². The summed E-state index contributed by atoms with van der Waals surface area (Å²) in [5.74, 6) is 0.293. The normalized spacial score (nSPS) is 17.4. The molecule has 6 heteroatoms. The van der Waals surface area contributed by atoms with E-state index in [1.54, 1.807) is 4.31 Å². The van der Waals surface area contributed by atoms with Gasteiger partial charge in [0.05, 0.1) is 11.5 Å². The number of aliphatic hydroxyl groups excluding tert-OH is 1. The predicted octanol–water partition coefficient (Wildman–Crippen LogP) is 2.10. The van der Waals surface area contributed by atoms with Gasteiger partial charge in [-0.1, -0.05) is 26.7 Å². The highest BCUT2D eigenvalue weighted by Gasteiger charge is 2.34. The average Bonchev–Trinajstić information content (AvgIpc) is 3.06. The maximum absolute atomic E-state index is 12.8. The van der Waals surface area contributed by atoms with Crippen molar-refractivity contribution in [3.05, 3.63) is 18.0 Å². The topological polar surface area (TPSA) is 73.4 Å². The minimum Gasteiger partial charge on any atom is -0.390 e. The van der Waals surface area contributed by atoms with Crippen LogP contribution in [0.4, 0.5) is 0 Å². The zero-order valence-electron chi connectivity index (χ0n) is 12.2. The minimum absolute atomic E-state index is 0.120. The molecular weight excluding hydrogens is 276 g/mol. The van der Waals surface area contributed by atoms with Gasteiger partial charge >= 0.3 is 0 Å². The Hall–Kier alpha value is -0.850. The van der Waals surface area contributed by atoms with Crippen molar-refractivity contribution in [2.45, 2.75) is 57.1 Å². The summed E-state index contributed by atoms with van der Waals surface area (Å²) in [6.07, 6.45) is 5.57. The third-order valence-electron chi connectivity index (χ3n) is 3.77. The zero-order chi connectivity index (χ0) is 14.8. The second kappa shape index (κ2) is 6.28. The second-order valence-corrected chi connectivity index (χ2v) is 7.82. The quantitative estimate of drug-likeness (QED) is 0.845. The molecule has 1 aliphatic rings. The van der Waals surface area contributed by atoms with E-state index in [-0.39, 0.29) is 17.5 Å². The Kier molecular flexibility index (Phi) is 4.88. The number of aromatic nitrogens is 1. The van der Waals surface area contributed by atoms with Crippen LogP contribution in [0.25, 0.3) is 0 Å². The first-order valence-corrected chi connectivity index (χ1v) is 8.69. The number of aromatic amines is 1. The molecule has 0 atom stereocenters. The molecule has 1 heterocycles. The predicted molar refractivity (Wildman–Crippen MR) is 77.7 cm³/mol. The largest absolute Gasteiger partial charge is 0.390 e. The van der Waals surface area contributed by atoms with Crippen molar-refractivity contribution in [2.24, 2.45) is 5.92 Å². The molecule has 0 spiro atoms. The molecule has 1 aromatic rings. The Balaban J connectivity index is 2.29. The van der Waals surface area contributed by atoms with E-state index in [1.807, 2.05) is 13.8 Å². The lowest BCUT2D eigenvalue weighted by Crippen LogP contribution is -2.41. The van der Waals surface area contributed by atoms with Crippen LogP contribution >= 0.6 is 0 Å². The number of sulfonamides is 1. The van der Waals surface area contributed by atoms with Crippen molar-refractivity contribution in [1.82, 2.24) is 9.29 Å². The lowest BCUT2D eigenvalue weighted by Gasteiger charge is -2.29. The van der Waals surface area contributed by atoms with Crippen LogP contribution in [0.15, 0.2) is 17.2 Å². The average molecular weight is 300 g/mol. The first-order valence-electron chi connectivity index (χ1n) is 7.25. The monoisotopic (exact) mass is 300 g/mol. The van der Waals surface area contributed by atoms with Gasteiger partial charge in [-0.25, -0.2) is 8.42 Å². The summed E-state index contributed by atoms with van der Waals surface area (Å²) in [5, 5.41) is 9.07. The molecule has 1 fully saturated rings. The van der Waals surface area contributed by atoms with Crippen LogP contribution in [0, 0.1) is 5.92 Å². The number of H-pyrrole nitrogens is 1. The molecule has 2 rings (SSSR count). The van der Waals surface area contributed by atoms with Gasteiger partial charge in [0.15, 0.2) is 0 Å². The van der Waals surface area contributed by atoms with Gasteiger partial charge in [0, 0.05) is 24.5 Å². The Morgan fingerprint density at radius 2 is 2.05 bits per heavy atom. The van der Waals surface area contributed by atoms with Crippen LogP contribution in [0.1, 0.15) is 45.2 Å². The van der Waals surface area contributed by atoms with Gasteiger partial charge in [0.1, 0.15) is 0 Å². The van der Waals surface area contributed by atoms with Crippen molar-refractivity contribution in [1.29, 1.82) is 0 Å². The van der Waals surface area contributed by atoms with Crippen molar-refractivity contribution in [3.63, 3.8) is 0 Å². The molecule has 20 heavy (non-hydrogen) atoms. The zero-order valence-corrected chi connectivity index (χ0v) is 13.0. The number of rotatable bonds is 6. The first-order chi connectivity index (χ1) is 9.45. The lowest BCUT2D eigenvalue weighted by molar-refractivity contribution is 0.277. The van der Waals surface area contributed by atoms with Crippen LogP contribution in [0.5, 0.6) is 0 Å². The number of aliphatic hydroxyl groups is 1. The second-order valence-electron chi connectivity index (χ2n) is 5.93. The Bertz CT molecular complexity index is 530. The molecule has 0 unspecified atom stereocenters. The summed E-state index contributed by atoms with van der Waals surface area (Å²) in [4.78, 5) is 3.06. The molecule has 0 amide bonds. The molecule has 0 aromatic carbocycles. The van der Waals surface area contributed by atoms with E-state index in [0.29, 0.717) is 18.2 Å². The summed E-state index contributed by atoms with van der Waals surface area (Å²) in [6, 6.07) is 1.65. The molecule has 1 aromatic heterocycles. The molecule has 5 nitrogen and oxygen atoms in total. The Labute approximate surface area is 121 Å². The Morgan fingerprint density at radius 3 is 2.55 bits per heavy atom. The fourth-order valence-corrected chi connectivity index (χ4v) is 4.66. The summed E-state index contributed by atoms with van der Waals surface area (Å²) >= 11 is 0. The van der Waals surface area contributed by atoms with E-state index >= 15 is 0 Å². The maximum Gasteiger partial charge on any atom is 0.244 e. The molecule has 114 valence electrons. The molecule has 1 aliphatic carbocycles. The summed E-state index contributed by atoms with van der Waals surface area (Å²) in [7, 11) is -3.48. The van der Waals surface area contributed by atoms with E-state index in [0.717, 1.165) is 25.7 Å². The third kappa shape index (κ3) is 3.24.